The van der Waals surface area contributed by atoms with E-state index in [1.165, 1.54) is 6.07 Å². The van der Waals surface area contributed by atoms with Crippen LogP contribution in [0.25, 0.3) is 22.2 Å². The number of carbonyl (C=O) groups is 1. The van der Waals surface area contributed by atoms with Gasteiger partial charge in [0, 0.05) is 26.7 Å². The largest absolute Gasteiger partial charge is 0.545 e. The van der Waals surface area contributed by atoms with Crippen molar-refractivity contribution in [2.24, 2.45) is 0 Å². The number of halogens is 1. The average molecular weight is 342 g/mol. The van der Waals surface area contributed by atoms with Gasteiger partial charge >= 0.3 is 0 Å². The summed E-state index contributed by atoms with van der Waals surface area (Å²) in [6, 6.07) is 14.0. The molecule has 0 fully saturated rings. The summed E-state index contributed by atoms with van der Waals surface area (Å²) in [4.78, 5) is 15.9. The highest BCUT2D eigenvalue weighted by Gasteiger charge is 2.09. The minimum atomic E-state index is -1.22. The minimum Gasteiger partial charge on any atom is -0.545 e. The van der Waals surface area contributed by atoms with Gasteiger partial charge in [-0.3, -0.25) is 0 Å². The van der Waals surface area contributed by atoms with Gasteiger partial charge in [0.15, 0.2) is 0 Å². The highest BCUT2D eigenvalue weighted by atomic mass is 79.9. The fourth-order valence-corrected chi connectivity index (χ4v) is 2.53. The normalized spacial score (nSPS) is 10.7. The quantitative estimate of drug-likeness (QED) is 0.726. The van der Waals surface area contributed by atoms with Crippen molar-refractivity contribution in [3.05, 3.63) is 58.6 Å². The number of hydrogen-bond donors (Lipinski definition) is 1. The molecule has 0 saturated carbocycles. The molecule has 3 aromatic rings. The first kappa shape index (κ1) is 13.6. The molecule has 0 unspecified atom stereocenters. The van der Waals surface area contributed by atoms with Gasteiger partial charge in [0.2, 0.25) is 0 Å². The van der Waals surface area contributed by atoms with E-state index in [0.717, 1.165) is 10.0 Å². The number of carboxylic acid groups (broad SMARTS) is 1. The number of nitrogen functional groups attached to an aromatic ring is 1. The second-order valence-electron chi connectivity index (χ2n) is 4.63. The number of pyridine rings is 1. The van der Waals surface area contributed by atoms with Crippen molar-refractivity contribution in [3.8, 4) is 11.3 Å². The molecule has 0 radical (unpaired) electrons. The van der Waals surface area contributed by atoms with E-state index < -0.39 is 5.97 Å². The third-order valence-corrected chi connectivity index (χ3v) is 3.69. The second-order valence-corrected chi connectivity index (χ2v) is 5.54. The number of carboxylic acids is 1. The lowest BCUT2D eigenvalue weighted by atomic mass is 10.0. The molecule has 0 amide bonds. The summed E-state index contributed by atoms with van der Waals surface area (Å²) in [7, 11) is 0. The van der Waals surface area contributed by atoms with Crippen LogP contribution in [0.15, 0.2) is 53.0 Å². The predicted octanol–water partition coefficient (Wildman–Crippen LogP) is 2.61. The summed E-state index contributed by atoms with van der Waals surface area (Å²) < 4.78 is 0.791. The smallest absolute Gasteiger partial charge is 0.0722 e. The maximum Gasteiger partial charge on any atom is 0.0722 e. The van der Waals surface area contributed by atoms with Crippen LogP contribution in [-0.4, -0.2) is 11.0 Å². The van der Waals surface area contributed by atoms with Crippen LogP contribution >= 0.6 is 15.9 Å². The second kappa shape index (κ2) is 5.18. The lowest BCUT2D eigenvalue weighted by Crippen LogP contribution is -2.22. The van der Waals surface area contributed by atoms with Crippen LogP contribution in [0, 0.1) is 0 Å². The van der Waals surface area contributed by atoms with E-state index in [1.54, 1.807) is 36.4 Å². The van der Waals surface area contributed by atoms with E-state index in [4.69, 9.17) is 5.73 Å². The molecular formula is C16H10BrN2O2-. The molecule has 5 heteroatoms. The molecule has 4 nitrogen and oxygen atoms in total. The van der Waals surface area contributed by atoms with Crippen molar-refractivity contribution < 1.29 is 9.90 Å². The summed E-state index contributed by atoms with van der Waals surface area (Å²) in [5.41, 5.74) is 8.40. The Labute approximate surface area is 129 Å². The molecule has 0 saturated heterocycles. The van der Waals surface area contributed by atoms with Crippen molar-refractivity contribution in [2.75, 3.05) is 5.73 Å². The van der Waals surface area contributed by atoms with Crippen molar-refractivity contribution in [1.29, 1.82) is 0 Å². The highest BCUT2D eigenvalue weighted by molar-refractivity contribution is 9.10. The average Bonchev–Trinajstić information content (AvgIpc) is 2.46. The van der Waals surface area contributed by atoms with Gasteiger partial charge < -0.3 is 15.6 Å². The van der Waals surface area contributed by atoms with E-state index in [0.29, 0.717) is 22.3 Å². The number of rotatable bonds is 2. The molecule has 104 valence electrons. The third kappa shape index (κ3) is 2.60. The Bertz CT molecular complexity index is 845. The summed E-state index contributed by atoms with van der Waals surface area (Å²) in [5, 5.41) is 11.9. The number of nitrogens with zero attached hydrogens (tertiary/aromatic N) is 1. The Morgan fingerprint density at radius 3 is 2.48 bits per heavy atom. The zero-order chi connectivity index (χ0) is 15.0. The first-order valence-corrected chi connectivity index (χ1v) is 7.01. The van der Waals surface area contributed by atoms with Crippen LogP contribution in [0.4, 0.5) is 5.69 Å². The van der Waals surface area contributed by atoms with Crippen molar-refractivity contribution in [3.63, 3.8) is 0 Å². The van der Waals surface area contributed by atoms with Crippen molar-refractivity contribution in [1.82, 2.24) is 4.98 Å². The monoisotopic (exact) mass is 341 g/mol. The zero-order valence-electron chi connectivity index (χ0n) is 10.8. The third-order valence-electron chi connectivity index (χ3n) is 3.20. The molecule has 3 rings (SSSR count). The van der Waals surface area contributed by atoms with Gasteiger partial charge in [-0.2, -0.15) is 0 Å². The molecule has 0 spiro atoms. The van der Waals surface area contributed by atoms with Gasteiger partial charge in [-0.05, 0) is 36.4 Å². The molecule has 0 bridgehead atoms. The Morgan fingerprint density at radius 2 is 1.81 bits per heavy atom. The molecule has 2 N–H and O–H groups in total. The molecule has 0 aliphatic rings. The number of aromatic carboxylic acids is 1. The maximum absolute atomic E-state index is 11.4. The van der Waals surface area contributed by atoms with Gasteiger partial charge in [0.05, 0.1) is 17.2 Å². The van der Waals surface area contributed by atoms with Gasteiger partial charge in [-0.15, -0.1) is 0 Å². The number of nitrogens with two attached hydrogens (primary N) is 1. The summed E-state index contributed by atoms with van der Waals surface area (Å²) in [6.07, 6.45) is 0. The Balaban J connectivity index is 2.28. The first-order valence-electron chi connectivity index (χ1n) is 6.22. The number of carbonyl (C=O) groups excluding carboxylic acids is 1. The summed E-state index contributed by atoms with van der Waals surface area (Å²) in [6.45, 7) is 0. The molecule has 2 aromatic carbocycles. The van der Waals surface area contributed by atoms with Crippen LogP contribution in [-0.2, 0) is 0 Å². The van der Waals surface area contributed by atoms with Crippen molar-refractivity contribution >= 4 is 38.5 Å². The van der Waals surface area contributed by atoms with Crippen LogP contribution in [0.3, 0.4) is 0 Å². The lowest BCUT2D eigenvalue weighted by Gasteiger charge is -2.11. The molecule has 21 heavy (non-hydrogen) atoms. The topological polar surface area (TPSA) is 79.0 Å². The van der Waals surface area contributed by atoms with E-state index in [2.05, 4.69) is 20.9 Å². The number of fused-ring (bicyclic) bond motifs is 1. The van der Waals surface area contributed by atoms with Gasteiger partial charge in [0.1, 0.15) is 0 Å². The van der Waals surface area contributed by atoms with E-state index in [9.17, 15) is 9.90 Å². The predicted molar refractivity (Wildman–Crippen MR) is 83.6 cm³/mol. The molecular weight excluding hydrogens is 332 g/mol. The zero-order valence-corrected chi connectivity index (χ0v) is 12.4. The number of benzene rings is 2. The Kier molecular flexibility index (Phi) is 3.35. The maximum atomic E-state index is 11.4. The fourth-order valence-electron chi connectivity index (χ4n) is 2.17. The van der Waals surface area contributed by atoms with Gasteiger partial charge in [0.25, 0.3) is 0 Å². The highest BCUT2D eigenvalue weighted by Crippen LogP contribution is 2.27. The SMILES string of the molecule is Nc1ccc(-c2cc(C(=O)[O-])c3cc(Br)ccc3n2)cc1. The Hall–Kier alpha value is -2.40. The van der Waals surface area contributed by atoms with Crippen LogP contribution in [0.1, 0.15) is 10.4 Å². The standard InChI is InChI=1S/C16H11BrN2O2/c17-10-3-6-14-12(7-10)13(16(20)21)8-15(19-14)9-1-4-11(18)5-2-9/h1-8H,18H2,(H,20,21)/p-1. The van der Waals surface area contributed by atoms with Crippen molar-refractivity contribution in [2.45, 2.75) is 0 Å². The van der Waals surface area contributed by atoms with Crippen LogP contribution in [0.2, 0.25) is 0 Å². The molecule has 0 aliphatic carbocycles. The molecule has 1 heterocycles. The fraction of sp³-hybridized carbons (Fsp3) is 0. The first-order chi connectivity index (χ1) is 10.0. The molecule has 1 aromatic heterocycles. The molecule has 0 aliphatic heterocycles. The number of anilines is 1. The molecule has 0 atom stereocenters. The van der Waals surface area contributed by atoms with Gasteiger partial charge in [-0.1, -0.05) is 28.1 Å². The summed E-state index contributed by atoms with van der Waals surface area (Å²) >= 11 is 3.33. The van der Waals surface area contributed by atoms with E-state index in [-0.39, 0.29) is 5.56 Å². The van der Waals surface area contributed by atoms with E-state index >= 15 is 0 Å². The number of hydrogen-bond acceptors (Lipinski definition) is 4. The van der Waals surface area contributed by atoms with Crippen LogP contribution < -0.4 is 10.8 Å². The number of aromatic nitrogens is 1. The minimum absolute atomic E-state index is 0.119. The van der Waals surface area contributed by atoms with Crippen LogP contribution in [0.5, 0.6) is 0 Å². The Morgan fingerprint density at radius 1 is 1.10 bits per heavy atom. The van der Waals surface area contributed by atoms with Gasteiger partial charge in [-0.25, -0.2) is 4.98 Å². The summed E-state index contributed by atoms with van der Waals surface area (Å²) in [5.74, 6) is -1.22. The van der Waals surface area contributed by atoms with E-state index in [1.807, 2.05) is 6.07 Å². The lowest BCUT2D eigenvalue weighted by molar-refractivity contribution is -0.254.